The Morgan fingerprint density at radius 1 is 1.12 bits per heavy atom. The van der Waals surface area contributed by atoms with Gasteiger partial charge in [0.05, 0.1) is 18.4 Å². The number of halogens is 1. The van der Waals surface area contributed by atoms with Crippen molar-refractivity contribution in [1.82, 2.24) is 0 Å². The van der Waals surface area contributed by atoms with E-state index in [0.717, 1.165) is 17.4 Å². The van der Waals surface area contributed by atoms with Crippen molar-refractivity contribution in [2.24, 2.45) is 0 Å². The van der Waals surface area contributed by atoms with Crippen LogP contribution in [0.15, 0.2) is 36.4 Å². The predicted octanol–water partition coefficient (Wildman–Crippen LogP) is 3.51. The van der Waals surface area contributed by atoms with Crippen molar-refractivity contribution in [2.45, 2.75) is 32.9 Å². The molecule has 138 valence electrons. The molecule has 0 fully saturated rings. The summed E-state index contributed by atoms with van der Waals surface area (Å²) in [7, 11) is -3.71. The second-order valence-corrected chi connectivity index (χ2v) is 8.23. The normalized spacial score (nSPS) is 18.1. The number of rotatable bonds is 4. The van der Waals surface area contributed by atoms with E-state index in [1.54, 1.807) is 13.0 Å². The van der Waals surface area contributed by atoms with Gasteiger partial charge >= 0.3 is 0 Å². The molecule has 0 aliphatic carbocycles. The van der Waals surface area contributed by atoms with Gasteiger partial charge in [-0.15, -0.1) is 0 Å². The van der Waals surface area contributed by atoms with Gasteiger partial charge in [0.25, 0.3) is 16.0 Å². The first-order chi connectivity index (χ1) is 12.1. The van der Waals surface area contributed by atoms with Crippen LogP contribution in [-0.4, -0.2) is 26.7 Å². The molecule has 26 heavy (non-hydrogen) atoms. The summed E-state index contributed by atoms with van der Waals surface area (Å²) >= 11 is 0. The highest BCUT2D eigenvalue weighted by Crippen LogP contribution is 2.41. The third-order valence-corrected chi connectivity index (χ3v) is 5.24. The van der Waals surface area contributed by atoms with Gasteiger partial charge in [-0.05, 0) is 67.8 Å². The summed E-state index contributed by atoms with van der Waals surface area (Å²) in [5.74, 6) is -0.676. The average molecular weight is 377 g/mol. The van der Waals surface area contributed by atoms with E-state index >= 15 is 0 Å². The maximum absolute atomic E-state index is 13.3. The molecule has 1 heterocycles. The molecule has 0 saturated heterocycles. The minimum absolute atomic E-state index is 0.261. The topological polar surface area (TPSA) is 63.7 Å². The van der Waals surface area contributed by atoms with Crippen LogP contribution < -0.4 is 4.90 Å². The van der Waals surface area contributed by atoms with Crippen molar-refractivity contribution < 1.29 is 21.8 Å². The van der Waals surface area contributed by atoms with E-state index in [9.17, 15) is 17.6 Å². The number of fused-ring (bicyclic) bond motifs is 1. The first kappa shape index (κ1) is 18.5. The Balaban J connectivity index is 2.15. The Hall–Kier alpha value is -2.25. The Labute approximate surface area is 152 Å². The molecule has 1 aliphatic heterocycles. The maximum Gasteiger partial charge on any atom is 0.264 e. The van der Waals surface area contributed by atoms with Crippen molar-refractivity contribution in [3.8, 4) is 0 Å². The first-order valence-electron chi connectivity index (χ1n) is 8.17. The summed E-state index contributed by atoms with van der Waals surface area (Å²) in [6.45, 7) is 5.45. The molecule has 2 unspecified atom stereocenters. The Kier molecular flexibility index (Phi) is 4.62. The Morgan fingerprint density at radius 2 is 1.69 bits per heavy atom. The van der Waals surface area contributed by atoms with Gasteiger partial charge in [-0.25, -0.2) is 4.39 Å². The summed E-state index contributed by atoms with van der Waals surface area (Å²) in [5.41, 5.74) is 3.66. The summed E-state index contributed by atoms with van der Waals surface area (Å²) in [4.78, 5) is 14.5. The molecule has 2 aromatic carbocycles. The third-order valence-electron chi connectivity index (χ3n) is 4.59. The van der Waals surface area contributed by atoms with Gasteiger partial charge in [0.2, 0.25) is 0 Å². The van der Waals surface area contributed by atoms with Crippen LogP contribution in [0.5, 0.6) is 0 Å². The number of anilines is 1. The maximum atomic E-state index is 13.3. The molecule has 0 spiro atoms. The highest BCUT2D eigenvalue weighted by Gasteiger charge is 2.42. The summed E-state index contributed by atoms with van der Waals surface area (Å²) in [6.07, 6.45) is 0.173. The number of hydrogen-bond donors (Lipinski definition) is 0. The van der Waals surface area contributed by atoms with E-state index < -0.39 is 28.1 Å². The van der Waals surface area contributed by atoms with Crippen LogP contribution in [0.1, 0.15) is 40.0 Å². The molecule has 2 aromatic rings. The SMILES string of the molecule is Cc1cc2c(cc1C)C(C(C)OS(C)(=O)=O)N(c1ccc(F)cc1)C2=O. The molecule has 5 nitrogen and oxygen atoms in total. The van der Waals surface area contributed by atoms with Gasteiger partial charge in [0, 0.05) is 11.3 Å². The lowest BCUT2D eigenvalue weighted by Gasteiger charge is -2.29. The van der Waals surface area contributed by atoms with E-state index in [1.165, 1.54) is 29.2 Å². The molecule has 2 atom stereocenters. The van der Waals surface area contributed by atoms with Crippen molar-refractivity contribution in [1.29, 1.82) is 0 Å². The smallest absolute Gasteiger partial charge is 0.264 e. The standard InChI is InChI=1S/C19H20FNO4S/c1-11-9-16-17(10-12(11)2)19(22)21(15-7-5-14(20)6-8-15)18(16)13(3)25-26(4,23)24/h5-10,13,18H,1-4H3. The minimum atomic E-state index is -3.71. The fraction of sp³-hybridized carbons (Fsp3) is 0.316. The molecular formula is C19H20FNO4S. The van der Waals surface area contributed by atoms with Gasteiger partial charge in [-0.2, -0.15) is 8.42 Å². The van der Waals surface area contributed by atoms with E-state index in [1.807, 2.05) is 19.9 Å². The highest BCUT2D eigenvalue weighted by atomic mass is 32.2. The van der Waals surface area contributed by atoms with Crippen LogP contribution in [-0.2, 0) is 14.3 Å². The van der Waals surface area contributed by atoms with Crippen LogP contribution in [0.3, 0.4) is 0 Å². The first-order valence-corrected chi connectivity index (χ1v) is 9.98. The molecule has 0 N–H and O–H groups in total. The second-order valence-electron chi connectivity index (χ2n) is 6.63. The average Bonchev–Trinajstić information content (AvgIpc) is 2.80. The monoisotopic (exact) mass is 377 g/mol. The number of hydrogen-bond acceptors (Lipinski definition) is 4. The summed E-state index contributed by atoms with van der Waals surface area (Å²) < 4.78 is 41.7. The number of nitrogens with zero attached hydrogens (tertiary/aromatic N) is 1. The molecule has 1 amide bonds. The fourth-order valence-electron chi connectivity index (χ4n) is 3.33. The van der Waals surface area contributed by atoms with Crippen LogP contribution in [0, 0.1) is 19.7 Å². The largest absolute Gasteiger partial charge is 0.298 e. The zero-order chi connectivity index (χ0) is 19.2. The quantitative estimate of drug-likeness (QED) is 0.765. The molecule has 0 aromatic heterocycles. The third kappa shape index (κ3) is 3.37. The van der Waals surface area contributed by atoms with E-state index in [0.29, 0.717) is 16.8 Å². The van der Waals surface area contributed by atoms with Crippen molar-refractivity contribution in [2.75, 3.05) is 11.2 Å². The Morgan fingerprint density at radius 3 is 2.27 bits per heavy atom. The van der Waals surface area contributed by atoms with Crippen molar-refractivity contribution in [3.63, 3.8) is 0 Å². The van der Waals surface area contributed by atoms with Crippen LogP contribution in [0.25, 0.3) is 0 Å². The van der Waals surface area contributed by atoms with Crippen molar-refractivity contribution in [3.05, 3.63) is 64.5 Å². The number of benzene rings is 2. The molecule has 0 saturated carbocycles. The highest BCUT2D eigenvalue weighted by molar-refractivity contribution is 7.86. The van der Waals surface area contributed by atoms with E-state index in [2.05, 4.69) is 0 Å². The zero-order valence-corrected chi connectivity index (χ0v) is 15.8. The van der Waals surface area contributed by atoms with E-state index in [-0.39, 0.29) is 5.91 Å². The summed E-state index contributed by atoms with van der Waals surface area (Å²) in [5, 5.41) is 0. The summed E-state index contributed by atoms with van der Waals surface area (Å²) in [6, 6.07) is 8.59. The van der Waals surface area contributed by atoms with Gasteiger partial charge in [0.1, 0.15) is 5.82 Å². The number of amides is 1. The lowest BCUT2D eigenvalue weighted by atomic mass is 9.96. The van der Waals surface area contributed by atoms with Crippen LogP contribution in [0.2, 0.25) is 0 Å². The van der Waals surface area contributed by atoms with Crippen molar-refractivity contribution >= 4 is 21.7 Å². The van der Waals surface area contributed by atoms with Gasteiger partial charge in [-0.1, -0.05) is 6.07 Å². The number of carbonyl (C=O) groups is 1. The van der Waals surface area contributed by atoms with Crippen LogP contribution in [0.4, 0.5) is 10.1 Å². The second kappa shape index (κ2) is 6.48. The van der Waals surface area contributed by atoms with E-state index in [4.69, 9.17) is 4.18 Å². The molecule has 0 bridgehead atoms. The molecule has 0 radical (unpaired) electrons. The molecule has 1 aliphatic rings. The molecule has 3 rings (SSSR count). The van der Waals surface area contributed by atoms with Gasteiger partial charge < -0.3 is 0 Å². The number of carbonyl (C=O) groups excluding carboxylic acids is 1. The molecule has 7 heteroatoms. The van der Waals surface area contributed by atoms with Crippen LogP contribution >= 0.6 is 0 Å². The Bertz CT molecular complexity index is 970. The zero-order valence-electron chi connectivity index (χ0n) is 15.0. The van der Waals surface area contributed by atoms with Gasteiger partial charge in [-0.3, -0.25) is 13.9 Å². The molecular weight excluding hydrogens is 357 g/mol. The number of aryl methyl sites for hydroxylation is 2. The predicted molar refractivity (Wildman–Crippen MR) is 97.3 cm³/mol. The lowest BCUT2D eigenvalue weighted by molar-refractivity contribution is 0.0971. The fourth-order valence-corrected chi connectivity index (χ4v) is 3.99. The lowest BCUT2D eigenvalue weighted by Crippen LogP contribution is -2.36. The van der Waals surface area contributed by atoms with Gasteiger partial charge in [0.15, 0.2) is 0 Å². The minimum Gasteiger partial charge on any atom is -0.298 e.